The van der Waals surface area contributed by atoms with Crippen molar-refractivity contribution in [1.82, 2.24) is 10.0 Å². The van der Waals surface area contributed by atoms with Crippen molar-refractivity contribution >= 4 is 28.3 Å². The first kappa shape index (κ1) is 20.7. The number of sulfonamides is 1. The van der Waals surface area contributed by atoms with E-state index in [1.807, 2.05) is 0 Å². The van der Waals surface area contributed by atoms with Gasteiger partial charge in [0.2, 0.25) is 10.0 Å². The minimum absolute atomic E-state index is 0. The molecule has 1 aliphatic rings. The number of benzene rings is 1. The Morgan fingerprint density at radius 1 is 1.33 bits per heavy atom. The van der Waals surface area contributed by atoms with Crippen LogP contribution in [0, 0.1) is 0 Å². The summed E-state index contributed by atoms with van der Waals surface area (Å²) in [6, 6.07) is 4.29. The first-order valence-electron chi connectivity index (χ1n) is 7.66. The zero-order valence-corrected chi connectivity index (χ0v) is 15.2. The van der Waals surface area contributed by atoms with Crippen molar-refractivity contribution in [1.29, 1.82) is 0 Å². The molecule has 7 nitrogen and oxygen atoms in total. The van der Waals surface area contributed by atoms with Gasteiger partial charge in [0.1, 0.15) is 10.6 Å². The number of carbonyl (C=O) groups excluding carboxylic acids is 1. The third-order valence-electron chi connectivity index (χ3n) is 3.82. The van der Waals surface area contributed by atoms with Crippen molar-refractivity contribution in [3.8, 4) is 5.75 Å². The maximum atomic E-state index is 12.6. The Bertz CT molecular complexity index is 661. The molecule has 2 rings (SSSR count). The van der Waals surface area contributed by atoms with Crippen molar-refractivity contribution in [3.05, 3.63) is 23.8 Å². The van der Waals surface area contributed by atoms with E-state index < -0.39 is 10.0 Å². The van der Waals surface area contributed by atoms with Crippen molar-refractivity contribution in [2.24, 2.45) is 5.73 Å². The molecule has 1 fully saturated rings. The topological polar surface area (TPSA) is 111 Å². The van der Waals surface area contributed by atoms with Gasteiger partial charge in [-0.25, -0.2) is 13.1 Å². The molecule has 0 atom stereocenters. The van der Waals surface area contributed by atoms with E-state index in [1.54, 1.807) is 0 Å². The van der Waals surface area contributed by atoms with Gasteiger partial charge in [0.05, 0.1) is 7.11 Å². The number of ether oxygens (including phenoxy) is 1. The molecule has 1 aromatic rings. The predicted molar refractivity (Wildman–Crippen MR) is 94.2 cm³/mol. The summed E-state index contributed by atoms with van der Waals surface area (Å²) < 4.78 is 33.1. The number of rotatable bonds is 7. The van der Waals surface area contributed by atoms with Gasteiger partial charge in [0.15, 0.2) is 0 Å². The van der Waals surface area contributed by atoms with E-state index in [4.69, 9.17) is 10.5 Å². The van der Waals surface area contributed by atoms with Crippen molar-refractivity contribution in [3.63, 3.8) is 0 Å². The van der Waals surface area contributed by atoms with E-state index in [-0.39, 0.29) is 40.6 Å². The van der Waals surface area contributed by atoms with E-state index in [2.05, 4.69) is 10.0 Å². The van der Waals surface area contributed by atoms with Crippen LogP contribution in [0.5, 0.6) is 5.75 Å². The van der Waals surface area contributed by atoms with Crippen molar-refractivity contribution < 1.29 is 17.9 Å². The van der Waals surface area contributed by atoms with Crippen LogP contribution in [-0.2, 0) is 10.0 Å². The number of nitrogens with two attached hydrogens (primary N) is 1. The molecular weight excluding hydrogens is 354 g/mol. The number of carbonyl (C=O) groups is 1. The largest absolute Gasteiger partial charge is 0.495 e. The van der Waals surface area contributed by atoms with E-state index >= 15 is 0 Å². The Morgan fingerprint density at radius 2 is 2.00 bits per heavy atom. The summed E-state index contributed by atoms with van der Waals surface area (Å²) in [6.45, 7) is 0.642. The molecule has 1 amide bonds. The Kier molecular flexibility index (Phi) is 7.95. The van der Waals surface area contributed by atoms with E-state index in [0.29, 0.717) is 13.1 Å². The zero-order chi connectivity index (χ0) is 16.9. The molecule has 136 valence electrons. The fourth-order valence-electron chi connectivity index (χ4n) is 2.64. The second kappa shape index (κ2) is 9.22. The number of methoxy groups -OCH3 is 1. The zero-order valence-electron chi connectivity index (χ0n) is 13.6. The molecule has 0 aromatic heterocycles. The highest BCUT2D eigenvalue weighted by molar-refractivity contribution is 7.89. The standard InChI is InChI=1S/C15H23N3O4S.ClH/c1-22-13-7-6-11(15(19)17-9-8-16)10-14(13)23(20,21)18-12-4-2-3-5-12;/h6-7,10,12,18H,2-5,8-9,16H2,1H3,(H,17,19);1H. The lowest BCUT2D eigenvalue weighted by Gasteiger charge is -2.15. The van der Waals surface area contributed by atoms with Gasteiger partial charge in [-0.05, 0) is 31.0 Å². The molecule has 0 aliphatic heterocycles. The van der Waals surface area contributed by atoms with E-state index in [0.717, 1.165) is 25.7 Å². The van der Waals surface area contributed by atoms with Crippen LogP contribution >= 0.6 is 12.4 Å². The first-order valence-corrected chi connectivity index (χ1v) is 9.15. The molecular formula is C15H24ClN3O4S. The fraction of sp³-hybridized carbons (Fsp3) is 0.533. The van der Waals surface area contributed by atoms with Crippen LogP contribution in [0.3, 0.4) is 0 Å². The number of amides is 1. The molecule has 0 heterocycles. The Labute approximate surface area is 148 Å². The summed E-state index contributed by atoms with van der Waals surface area (Å²) in [6.07, 6.45) is 3.70. The summed E-state index contributed by atoms with van der Waals surface area (Å²) in [5.74, 6) is -0.152. The first-order chi connectivity index (χ1) is 11.0. The third-order valence-corrected chi connectivity index (χ3v) is 5.36. The molecule has 1 aromatic carbocycles. The normalized spacial score (nSPS) is 14.9. The molecule has 4 N–H and O–H groups in total. The quantitative estimate of drug-likeness (QED) is 0.657. The second-order valence-corrected chi connectivity index (χ2v) is 7.20. The second-order valence-electron chi connectivity index (χ2n) is 5.51. The van der Waals surface area contributed by atoms with Crippen LogP contribution in [0.25, 0.3) is 0 Å². The smallest absolute Gasteiger partial charge is 0.251 e. The molecule has 9 heteroatoms. The van der Waals surface area contributed by atoms with Crippen molar-refractivity contribution in [2.75, 3.05) is 20.2 Å². The van der Waals surface area contributed by atoms with Crippen LogP contribution < -0.4 is 20.5 Å². The van der Waals surface area contributed by atoms with Gasteiger partial charge in [-0.2, -0.15) is 0 Å². The van der Waals surface area contributed by atoms with Gasteiger partial charge in [-0.3, -0.25) is 4.79 Å². The van der Waals surface area contributed by atoms with Gasteiger partial charge < -0.3 is 15.8 Å². The lowest BCUT2D eigenvalue weighted by Crippen LogP contribution is -2.33. The summed E-state index contributed by atoms with van der Waals surface area (Å²) >= 11 is 0. The summed E-state index contributed by atoms with van der Waals surface area (Å²) in [5, 5.41) is 2.62. The summed E-state index contributed by atoms with van der Waals surface area (Å²) in [7, 11) is -2.34. The SMILES string of the molecule is COc1ccc(C(=O)NCCN)cc1S(=O)(=O)NC1CCCC1.Cl. The lowest BCUT2D eigenvalue weighted by molar-refractivity contribution is 0.0954. The van der Waals surface area contributed by atoms with Crippen LogP contribution in [0.1, 0.15) is 36.0 Å². The number of hydrogen-bond donors (Lipinski definition) is 3. The molecule has 1 aliphatic carbocycles. The maximum absolute atomic E-state index is 12.6. The molecule has 24 heavy (non-hydrogen) atoms. The van der Waals surface area contributed by atoms with Crippen LogP contribution in [0.15, 0.2) is 23.1 Å². The van der Waals surface area contributed by atoms with Crippen LogP contribution in [0.2, 0.25) is 0 Å². The molecule has 0 saturated heterocycles. The highest BCUT2D eigenvalue weighted by Crippen LogP contribution is 2.27. The average molecular weight is 378 g/mol. The molecule has 0 radical (unpaired) electrons. The van der Waals surface area contributed by atoms with Crippen LogP contribution in [-0.4, -0.2) is 40.6 Å². The van der Waals surface area contributed by atoms with Gasteiger partial charge in [-0.15, -0.1) is 12.4 Å². The number of halogens is 1. The van der Waals surface area contributed by atoms with E-state index in [9.17, 15) is 13.2 Å². The Hall–Kier alpha value is -1.35. The number of nitrogens with one attached hydrogen (secondary N) is 2. The molecule has 0 spiro atoms. The third kappa shape index (κ3) is 5.07. The fourth-order valence-corrected chi connectivity index (χ4v) is 4.14. The Balaban J connectivity index is 0.00000288. The van der Waals surface area contributed by atoms with Crippen LogP contribution in [0.4, 0.5) is 0 Å². The molecule has 1 saturated carbocycles. The van der Waals surface area contributed by atoms with Crippen molar-refractivity contribution in [2.45, 2.75) is 36.6 Å². The van der Waals surface area contributed by atoms with E-state index in [1.165, 1.54) is 25.3 Å². The minimum atomic E-state index is -3.74. The highest BCUT2D eigenvalue weighted by atomic mass is 35.5. The highest BCUT2D eigenvalue weighted by Gasteiger charge is 2.26. The lowest BCUT2D eigenvalue weighted by atomic mass is 10.2. The molecule has 0 bridgehead atoms. The monoisotopic (exact) mass is 377 g/mol. The minimum Gasteiger partial charge on any atom is -0.495 e. The summed E-state index contributed by atoms with van der Waals surface area (Å²) in [5.41, 5.74) is 5.61. The predicted octanol–water partition coefficient (Wildman–Crippen LogP) is 1.03. The van der Waals surface area contributed by atoms with Gasteiger partial charge in [-0.1, -0.05) is 12.8 Å². The summed E-state index contributed by atoms with van der Waals surface area (Å²) in [4.78, 5) is 12.0. The number of hydrogen-bond acceptors (Lipinski definition) is 5. The van der Waals surface area contributed by atoms with Gasteiger partial charge >= 0.3 is 0 Å². The molecule has 0 unspecified atom stereocenters. The maximum Gasteiger partial charge on any atom is 0.251 e. The average Bonchev–Trinajstić information content (AvgIpc) is 3.04. The Morgan fingerprint density at radius 3 is 2.58 bits per heavy atom. The van der Waals surface area contributed by atoms with Gasteiger partial charge in [0.25, 0.3) is 5.91 Å². The van der Waals surface area contributed by atoms with Gasteiger partial charge in [0, 0.05) is 24.7 Å².